The molecule has 1 heterocycles. The molecule has 0 spiro atoms. The highest BCUT2D eigenvalue weighted by Gasteiger charge is 2.39. The minimum Gasteiger partial charge on any atom is -0.495 e. The highest BCUT2D eigenvalue weighted by Crippen LogP contribution is 2.28. The van der Waals surface area contributed by atoms with Crippen molar-refractivity contribution >= 4 is 29.3 Å². The molecule has 7 nitrogen and oxygen atoms in total. The summed E-state index contributed by atoms with van der Waals surface area (Å²) in [5.41, 5.74) is 0.423. The van der Waals surface area contributed by atoms with Crippen molar-refractivity contribution < 1.29 is 24.5 Å². The fraction of sp³-hybridized carbons (Fsp3) is 0.385. The Morgan fingerprint density at radius 2 is 2.19 bits per heavy atom. The van der Waals surface area contributed by atoms with Crippen molar-refractivity contribution in [2.75, 3.05) is 19.0 Å². The van der Waals surface area contributed by atoms with Gasteiger partial charge in [-0.15, -0.1) is 0 Å². The number of benzene rings is 1. The zero-order valence-electron chi connectivity index (χ0n) is 11.2. The number of aliphatic carboxylic acids is 1. The first-order chi connectivity index (χ1) is 9.92. The molecule has 3 N–H and O–H groups in total. The number of hydrogen-bond acceptors (Lipinski definition) is 4. The van der Waals surface area contributed by atoms with Crippen LogP contribution in [0.5, 0.6) is 5.75 Å². The molecule has 2 amide bonds. The highest BCUT2D eigenvalue weighted by molar-refractivity contribution is 6.32. The lowest BCUT2D eigenvalue weighted by atomic mass is 10.2. The molecular formula is C13H15ClN2O5. The molecule has 1 saturated heterocycles. The van der Waals surface area contributed by atoms with Gasteiger partial charge in [-0.05, 0) is 12.1 Å². The number of carbonyl (C=O) groups is 2. The largest absolute Gasteiger partial charge is 0.495 e. The van der Waals surface area contributed by atoms with Crippen LogP contribution in [0.25, 0.3) is 0 Å². The second-order valence-electron chi connectivity index (χ2n) is 4.68. The minimum atomic E-state index is -1.14. The van der Waals surface area contributed by atoms with E-state index in [2.05, 4.69) is 5.32 Å². The van der Waals surface area contributed by atoms with Crippen molar-refractivity contribution in [3.63, 3.8) is 0 Å². The molecule has 0 bridgehead atoms. The van der Waals surface area contributed by atoms with Crippen LogP contribution >= 0.6 is 11.6 Å². The predicted molar refractivity (Wildman–Crippen MR) is 75.8 cm³/mol. The molecule has 1 aliphatic rings. The van der Waals surface area contributed by atoms with Gasteiger partial charge < -0.3 is 25.2 Å². The van der Waals surface area contributed by atoms with Crippen molar-refractivity contribution in [1.82, 2.24) is 4.90 Å². The van der Waals surface area contributed by atoms with Crippen LogP contribution in [-0.2, 0) is 4.79 Å². The average molecular weight is 315 g/mol. The Labute approximate surface area is 126 Å². The van der Waals surface area contributed by atoms with Gasteiger partial charge >= 0.3 is 12.0 Å². The van der Waals surface area contributed by atoms with Crippen LogP contribution in [0.2, 0.25) is 5.02 Å². The molecule has 0 radical (unpaired) electrons. The van der Waals surface area contributed by atoms with Crippen LogP contribution in [0, 0.1) is 0 Å². The third kappa shape index (κ3) is 3.37. The monoisotopic (exact) mass is 314 g/mol. The van der Waals surface area contributed by atoms with Gasteiger partial charge in [0, 0.05) is 24.7 Å². The zero-order chi connectivity index (χ0) is 15.6. The molecule has 8 heteroatoms. The number of aliphatic hydroxyl groups excluding tert-OH is 1. The summed E-state index contributed by atoms with van der Waals surface area (Å²) in [5, 5.41) is 21.6. The van der Waals surface area contributed by atoms with Crippen molar-refractivity contribution in [2.24, 2.45) is 0 Å². The van der Waals surface area contributed by atoms with Gasteiger partial charge in [0.25, 0.3) is 0 Å². The summed E-state index contributed by atoms with van der Waals surface area (Å²) in [5.74, 6) is -0.749. The van der Waals surface area contributed by atoms with Crippen LogP contribution in [0.1, 0.15) is 6.42 Å². The third-order valence-corrected chi connectivity index (χ3v) is 3.54. The van der Waals surface area contributed by atoms with E-state index < -0.39 is 24.1 Å². The Kier molecular flexibility index (Phi) is 4.54. The van der Waals surface area contributed by atoms with Gasteiger partial charge in [0.05, 0.1) is 18.2 Å². The maximum Gasteiger partial charge on any atom is 0.326 e. The lowest BCUT2D eigenvalue weighted by Crippen LogP contribution is -2.43. The van der Waals surface area contributed by atoms with Crippen LogP contribution < -0.4 is 10.1 Å². The molecule has 0 aliphatic carbocycles. The van der Waals surface area contributed by atoms with Crippen molar-refractivity contribution in [3.05, 3.63) is 23.2 Å². The van der Waals surface area contributed by atoms with E-state index in [0.29, 0.717) is 16.5 Å². The molecule has 21 heavy (non-hydrogen) atoms. The summed E-state index contributed by atoms with van der Waals surface area (Å²) in [7, 11) is 1.45. The number of β-amino-alcohol motifs (C(OH)–C–C–N with tert-alkyl or cyclic N) is 1. The Morgan fingerprint density at radius 1 is 1.48 bits per heavy atom. The van der Waals surface area contributed by atoms with E-state index in [1.165, 1.54) is 13.2 Å². The topological polar surface area (TPSA) is 99.1 Å². The molecule has 1 aromatic carbocycles. The molecule has 2 atom stereocenters. The number of carboxylic acid groups (broad SMARTS) is 1. The number of nitrogens with one attached hydrogen (secondary N) is 1. The summed E-state index contributed by atoms with van der Waals surface area (Å²) >= 11 is 5.88. The zero-order valence-corrected chi connectivity index (χ0v) is 12.0. The fourth-order valence-electron chi connectivity index (χ4n) is 2.21. The van der Waals surface area contributed by atoms with E-state index in [4.69, 9.17) is 21.4 Å². The maximum atomic E-state index is 12.1. The van der Waals surface area contributed by atoms with Crippen LogP contribution in [0.4, 0.5) is 10.5 Å². The first-order valence-corrected chi connectivity index (χ1v) is 6.62. The molecule has 1 aromatic rings. The van der Waals surface area contributed by atoms with E-state index in [9.17, 15) is 14.7 Å². The van der Waals surface area contributed by atoms with Gasteiger partial charge in [0.15, 0.2) is 0 Å². The van der Waals surface area contributed by atoms with Crippen LogP contribution in [-0.4, -0.2) is 52.9 Å². The molecule has 1 unspecified atom stereocenters. The molecule has 1 fully saturated rings. The van der Waals surface area contributed by atoms with Gasteiger partial charge in [0.1, 0.15) is 11.8 Å². The number of halogens is 1. The molecular weight excluding hydrogens is 300 g/mol. The Bertz CT molecular complexity index is 565. The first kappa shape index (κ1) is 15.4. The van der Waals surface area contributed by atoms with Crippen LogP contribution in [0.3, 0.4) is 0 Å². The molecule has 0 saturated carbocycles. The molecule has 114 valence electrons. The van der Waals surface area contributed by atoms with Gasteiger partial charge in [-0.1, -0.05) is 11.6 Å². The second kappa shape index (κ2) is 6.19. The van der Waals surface area contributed by atoms with Gasteiger partial charge in [-0.25, -0.2) is 9.59 Å². The van der Waals surface area contributed by atoms with Crippen molar-refractivity contribution in [1.29, 1.82) is 0 Å². The lowest BCUT2D eigenvalue weighted by molar-refractivity contribution is -0.141. The molecule has 0 aromatic heterocycles. The number of nitrogens with zero attached hydrogens (tertiary/aromatic N) is 1. The van der Waals surface area contributed by atoms with E-state index in [1.54, 1.807) is 12.1 Å². The standard InChI is InChI=1S/C13H15ClN2O5/c1-21-11-4-7(2-3-9(11)14)15-13(20)16-6-8(17)5-10(16)12(18)19/h2-4,8,10,17H,5-6H2,1H3,(H,15,20)(H,18,19)/t8?,10-/m0/s1. The van der Waals surface area contributed by atoms with E-state index in [-0.39, 0.29) is 13.0 Å². The Balaban J connectivity index is 2.12. The number of rotatable bonds is 3. The van der Waals surface area contributed by atoms with Gasteiger partial charge in [-0.3, -0.25) is 0 Å². The van der Waals surface area contributed by atoms with E-state index in [1.807, 2.05) is 0 Å². The Hall–Kier alpha value is -1.99. The van der Waals surface area contributed by atoms with Crippen molar-refractivity contribution in [2.45, 2.75) is 18.6 Å². The summed E-state index contributed by atoms with van der Waals surface area (Å²) in [6.07, 6.45) is -0.816. The number of aliphatic hydroxyl groups is 1. The average Bonchev–Trinajstić information content (AvgIpc) is 2.83. The summed E-state index contributed by atoms with van der Waals surface area (Å²) in [4.78, 5) is 24.3. The number of amides is 2. The number of ether oxygens (including phenoxy) is 1. The molecule has 2 rings (SSSR count). The number of hydrogen-bond donors (Lipinski definition) is 3. The predicted octanol–water partition coefficient (Wildman–Crippen LogP) is 1.40. The minimum absolute atomic E-state index is 0.0203. The van der Waals surface area contributed by atoms with Gasteiger partial charge in [0.2, 0.25) is 0 Å². The highest BCUT2D eigenvalue weighted by atomic mass is 35.5. The maximum absolute atomic E-state index is 12.1. The summed E-state index contributed by atoms with van der Waals surface area (Å²) in [6.45, 7) is -0.0203. The number of urea groups is 1. The quantitative estimate of drug-likeness (QED) is 0.783. The SMILES string of the molecule is COc1cc(NC(=O)N2CC(O)C[C@H]2C(=O)O)ccc1Cl. The second-order valence-corrected chi connectivity index (χ2v) is 5.08. The number of carbonyl (C=O) groups excluding carboxylic acids is 1. The lowest BCUT2D eigenvalue weighted by Gasteiger charge is -2.21. The Morgan fingerprint density at radius 3 is 2.81 bits per heavy atom. The first-order valence-electron chi connectivity index (χ1n) is 6.24. The number of anilines is 1. The summed E-state index contributed by atoms with van der Waals surface area (Å²) in [6, 6.07) is 3.04. The number of methoxy groups -OCH3 is 1. The summed E-state index contributed by atoms with van der Waals surface area (Å²) < 4.78 is 5.04. The normalized spacial score (nSPS) is 21.2. The number of likely N-dealkylation sites (tertiary alicyclic amines) is 1. The van der Waals surface area contributed by atoms with Crippen LogP contribution in [0.15, 0.2) is 18.2 Å². The third-order valence-electron chi connectivity index (χ3n) is 3.23. The number of carboxylic acids is 1. The smallest absolute Gasteiger partial charge is 0.326 e. The molecule has 1 aliphatic heterocycles. The fourth-order valence-corrected chi connectivity index (χ4v) is 2.40. The van der Waals surface area contributed by atoms with Gasteiger partial charge in [-0.2, -0.15) is 0 Å². The van der Waals surface area contributed by atoms with E-state index in [0.717, 1.165) is 4.90 Å². The van der Waals surface area contributed by atoms with E-state index >= 15 is 0 Å². The van der Waals surface area contributed by atoms with Crippen molar-refractivity contribution in [3.8, 4) is 5.75 Å².